The summed E-state index contributed by atoms with van der Waals surface area (Å²) < 4.78 is 0. The topological polar surface area (TPSA) is 43.1 Å². The van der Waals surface area contributed by atoms with Crippen molar-refractivity contribution in [1.29, 1.82) is 0 Å². The van der Waals surface area contributed by atoms with Crippen molar-refractivity contribution in [2.24, 2.45) is 0 Å². The highest BCUT2D eigenvalue weighted by Crippen LogP contribution is 2.21. The van der Waals surface area contributed by atoms with Gasteiger partial charge in [-0.25, -0.2) is 0 Å². The third-order valence-corrected chi connectivity index (χ3v) is 2.58. The zero-order valence-electron chi connectivity index (χ0n) is 8.00. The lowest BCUT2D eigenvalue weighted by Gasteiger charge is -2.02. The monoisotopic (exact) mass is 257 g/mol. The number of alkyl halides is 1. The number of aryl methyl sites for hydroxylation is 2. The van der Waals surface area contributed by atoms with Gasteiger partial charge in [0.15, 0.2) is 0 Å². The predicted molar refractivity (Wildman–Crippen MR) is 59.9 cm³/mol. The first-order valence-electron chi connectivity index (χ1n) is 4.45. The van der Waals surface area contributed by atoms with Crippen LogP contribution in [-0.4, -0.2) is 10.3 Å². The summed E-state index contributed by atoms with van der Waals surface area (Å²) in [7, 11) is 0. The van der Waals surface area contributed by atoms with Crippen LogP contribution in [0.1, 0.15) is 17.5 Å². The molecule has 1 aromatic carbocycles. The molecule has 1 aromatic rings. The molecule has 0 aromatic heterocycles. The first-order valence-corrected chi connectivity index (χ1v) is 5.57. The fraction of sp³-hybridized carbons (Fsp3) is 0.400. The zero-order chi connectivity index (χ0) is 10.6. The zero-order valence-corrected chi connectivity index (χ0v) is 9.58. The number of benzene rings is 1. The van der Waals surface area contributed by atoms with Gasteiger partial charge in [0.1, 0.15) is 0 Å². The van der Waals surface area contributed by atoms with Crippen molar-refractivity contribution in [2.45, 2.75) is 19.8 Å². The molecule has 0 fully saturated rings. The minimum absolute atomic E-state index is 0.242. The summed E-state index contributed by atoms with van der Waals surface area (Å²) in [6.45, 7) is 1.86. The lowest BCUT2D eigenvalue weighted by molar-refractivity contribution is -0.385. The molecule has 0 unspecified atom stereocenters. The Morgan fingerprint density at radius 2 is 2.21 bits per heavy atom. The van der Waals surface area contributed by atoms with Crippen molar-refractivity contribution in [1.82, 2.24) is 0 Å². The molecule has 76 valence electrons. The van der Waals surface area contributed by atoms with Gasteiger partial charge in [-0.1, -0.05) is 28.1 Å². The number of rotatable bonds is 4. The second-order valence-corrected chi connectivity index (χ2v) is 3.97. The van der Waals surface area contributed by atoms with Crippen molar-refractivity contribution >= 4 is 21.6 Å². The second-order valence-electron chi connectivity index (χ2n) is 3.18. The Bertz CT molecular complexity index is 339. The number of hydrogen-bond acceptors (Lipinski definition) is 2. The highest BCUT2D eigenvalue weighted by molar-refractivity contribution is 9.09. The van der Waals surface area contributed by atoms with Crippen LogP contribution in [0.3, 0.4) is 0 Å². The Kier molecular flexibility index (Phi) is 4.07. The minimum Gasteiger partial charge on any atom is -0.258 e. The highest BCUT2D eigenvalue weighted by atomic mass is 79.9. The van der Waals surface area contributed by atoms with Gasteiger partial charge in [0, 0.05) is 17.0 Å². The van der Waals surface area contributed by atoms with Gasteiger partial charge in [0.2, 0.25) is 0 Å². The molecule has 14 heavy (non-hydrogen) atoms. The van der Waals surface area contributed by atoms with E-state index in [4.69, 9.17) is 0 Å². The lowest BCUT2D eigenvalue weighted by Crippen LogP contribution is -1.96. The molecule has 3 nitrogen and oxygen atoms in total. The van der Waals surface area contributed by atoms with E-state index in [0.29, 0.717) is 0 Å². The van der Waals surface area contributed by atoms with E-state index in [-0.39, 0.29) is 10.6 Å². The second kappa shape index (κ2) is 5.10. The average Bonchev–Trinajstić information content (AvgIpc) is 2.15. The van der Waals surface area contributed by atoms with E-state index in [9.17, 15) is 10.1 Å². The van der Waals surface area contributed by atoms with Crippen molar-refractivity contribution < 1.29 is 4.92 Å². The molecular weight excluding hydrogens is 246 g/mol. The molecular formula is C10H12BrNO2. The SMILES string of the molecule is Cc1ccc(CCCBr)c([N+](=O)[O-])c1. The van der Waals surface area contributed by atoms with Gasteiger partial charge in [-0.15, -0.1) is 0 Å². The van der Waals surface area contributed by atoms with Gasteiger partial charge in [-0.2, -0.15) is 0 Å². The summed E-state index contributed by atoms with van der Waals surface area (Å²) in [6, 6.07) is 5.39. The van der Waals surface area contributed by atoms with Crippen molar-refractivity contribution in [3.05, 3.63) is 39.4 Å². The molecule has 4 heteroatoms. The number of hydrogen-bond donors (Lipinski definition) is 0. The minimum atomic E-state index is -0.309. The van der Waals surface area contributed by atoms with E-state index in [1.165, 1.54) is 0 Å². The summed E-state index contributed by atoms with van der Waals surface area (Å²) >= 11 is 3.31. The number of nitrogens with zero attached hydrogens (tertiary/aromatic N) is 1. The molecule has 0 aliphatic rings. The normalized spacial score (nSPS) is 10.1. The molecule has 0 aliphatic carbocycles. The summed E-state index contributed by atoms with van der Waals surface area (Å²) in [4.78, 5) is 10.4. The van der Waals surface area contributed by atoms with Crippen LogP contribution in [-0.2, 0) is 6.42 Å². The molecule has 0 aliphatic heterocycles. The molecule has 0 saturated carbocycles. The molecule has 0 radical (unpaired) electrons. The van der Waals surface area contributed by atoms with Crippen LogP contribution in [0.15, 0.2) is 18.2 Å². The van der Waals surface area contributed by atoms with Crippen molar-refractivity contribution in [3.63, 3.8) is 0 Å². The van der Waals surface area contributed by atoms with Gasteiger partial charge in [0.25, 0.3) is 5.69 Å². The van der Waals surface area contributed by atoms with Crippen LogP contribution in [0.25, 0.3) is 0 Å². The fourth-order valence-corrected chi connectivity index (χ4v) is 1.59. The molecule has 0 bridgehead atoms. The van der Waals surface area contributed by atoms with E-state index in [0.717, 1.165) is 29.3 Å². The van der Waals surface area contributed by atoms with Gasteiger partial charge >= 0.3 is 0 Å². The third-order valence-electron chi connectivity index (χ3n) is 2.02. The Hall–Kier alpha value is -0.900. The summed E-state index contributed by atoms with van der Waals surface area (Å²) in [5.74, 6) is 0. The molecule has 0 heterocycles. The summed E-state index contributed by atoms with van der Waals surface area (Å²) in [5, 5.41) is 11.6. The predicted octanol–water partition coefficient (Wildman–Crippen LogP) is 3.23. The first-order chi connectivity index (χ1) is 6.65. The molecule has 0 saturated heterocycles. The van der Waals surface area contributed by atoms with Gasteiger partial charge in [-0.05, 0) is 25.3 Å². The standard InChI is InChI=1S/C10H12BrNO2/c1-8-4-5-9(3-2-6-11)10(7-8)12(13)14/h4-5,7H,2-3,6H2,1H3. The number of nitro groups is 1. The molecule has 0 amide bonds. The molecule has 1 rings (SSSR count). The van der Waals surface area contributed by atoms with E-state index < -0.39 is 0 Å². The van der Waals surface area contributed by atoms with Gasteiger partial charge < -0.3 is 0 Å². The van der Waals surface area contributed by atoms with Crippen molar-refractivity contribution in [3.8, 4) is 0 Å². The van der Waals surface area contributed by atoms with Gasteiger partial charge in [-0.3, -0.25) is 10.1 Å². The molecule has 0 N–H and O–H groups in total. The van der Waals surface area contributed by atoms with E-state index >= 15 is 0 Å². The van der Waals surface area contributed by atoms with Crippen LogP contribution >= 0.6 is 15.9 Å². The fourth-order valence-electron chi connectivity index (χ4n) is 1.31. The molecule has 0 atom stereocenters. The lowest BCUT2D eigenvalue weighted by atomic mass is 10.1. The smallest absolute Gasteiger partial charge is 0.258 e. The maximum atomic E-state index is 10.7. The van der Waals surface area contributed by atoms with E-state index in [2.05, 4.69) is 15.9 Å². The molecule has 0 spiro atoms. The third kappa shape index (κ3) is 2.80. The quantitative estimate of drug-likeness (QED) is 0.472. The first kappa shape index (κ1) is 11.2. The van der Waals surface area contributed by atoms with Crippen LogP contribution in [0.2, 0.25) is 0 Å². The highest BCUT2D eigenvalue weighted by Gasteiger charge is 2.12. The van der Waals surface area contributed by atoms with Crippen molar-refractivity contribution in [2.75, 3.05) is 5.33 Å². The summed E-state index contributed by atoms with van der Waals surface area (Å²) in [6.07, 6.45) is 1.67. The number of halogens is 1. The maximum absolute atomic E-state index is 10.7. The Morgan fingerprint density at radius 3 is 2.79 bits per heavy atom. The Morgan fingerprint density at radius 1 is 1.50 bits per heavy atom. The Balaban J connectivity index is 2.96. The van der Waals surface area contributed by atoms with E-state index in [1.807, 2.05) is 19.1 Å². The number of nitro benzene ring substituents is 1. The van der Waals surface area contributed by atoms with Crippen LogP contribution in [0.5, 0.6) is 0 Å². The average molecular weight is 258 g/mol. The van der Waals surface area contributed by atoms with Crippen LogP contribution < -0.4 is 0 Å². The van der Waals surface area contributed by atoms with Gasteiger partial charge in [0.05, 0.1) is 4.92 Å². The van der Waals surface area contributed by atoms with Crippen LogP contribution in [0.4, 0.5) is 5.69 Å². The van der Waals surface area contributed by atoms with E-state index in [1.54, 1.807) is 6.07 Å². The Labute approximate surface area is 91.4 Å². The summed E-state index contributed by atoms with van der Waals surface area (Å²) in [5.41, 5.74) is 1.99. The largest absolute Gasteiger partial charge is 0.272 e. The van der Waals surface area contributed by atoms with Crippen LogP contribution in [0, 0.1) is 17.0 Å². The maximum Gasteiger partial charge on any atom is 0.272 e.